The highest BCUT2D eigenvalue weighted by Gasteiger charge is 2.58. The molecule has 0 aromatic heterocycles. The van der Waals surface area contributed by atoms with Crippen molar-refractivity contribution in [3.05, 3.63) is 46.1 Å². The maximum atomic E-state index is 12.4. The van der Waals surface area contributed by atoms with Gasteiger partial charge in [0.05, 0.1) is 12.0 Å². The lowest BCUT2D eigenvalue weighted by Gasteiger charge is -2.26. The Balaban J connectivity index is 2.06. The van der Waals surface area contributed by atoms with E-state index in [4.69, 9.17) is 4.84 Å². The molecule has 2 aliphatic heterocycles. The summed E-state index contributed by atoms with van der Waals surface area (Å²) in [6, 6.07) is 7.58. The van der Waals surface area contributed by atoms with Crippen LogP contribution in [0.2, 0.25) is 0 Å². The number of amides is 2. The summed E-state index contributed by atoms with van der Waals surface area (Å²) in [7, 11) is 1.51. The normalized spacial score (nSPS) is 29.0. The third kappa shape index (κ3) is 2.21. The second-order valence-electron chi connectivity index (χ2n) is 5.14. The number of carbonyl (C=O) groups excluding carboxylic acids is 2. The van der Waals surface area contributed by atoms with Gasteiger partial charge in [0.2, 0.25) is 5.91 Å². The molecule has 2 amide bonds. The predicted molar refractivity (Wildman–Crippen MR) is 84.9 cm³/mol. The number of nitrogens with zero attached hydrogens (tertiary/aromatic N) is 2. The van der Waals surface area contributed by atoms with Gasteiger partial charge in [0.1, 0.15) is 0 Å². The Labute approximate surface area is 136 Å². The van der Waals surface area contributed by atoms with Crippen molar-refractivity contribution < 1.29 is 14.4 Å². The number of rotatable bonds is 3. The van der Waals surface area contributed by atoms with Crippen molar-refractivity contribution in [2.24, 2.45) is 5.92 Å². The molecule has 110 valence electrons. The van der Waals surface area contributed by atoms with Gasteiger partial charge in [-0.25, -0.2) is 0 Å². The summed E-state index contributed by atoms with van der Waals surface area (Å²) >= 11 is 2.24. The van der Waals surface area contributed by atoms with Gasteiger partial charge < -0.3 is 0 Å². The van der Waals surface area contributed by atoms with Crippen molar-refractivity contribution >= 4 is 34.4 Å². The molecule has 3 atom stereocenters. The van der Waals surface area contributed by atoms with Gasteiger partial charge >= 0.3 is 0 Å². The Morgan fingerprint density at radius 3 is 2.71 bits per heavy atom. The lowest BCUT2D eigenvalue weighted by atomic mass is 9.91. The molecule has 0 radical (unpaired) electrons. The van der Waals surface area contributed by atoms with Crippen LogP contribution in [-0.4, -0.2) is 41.5 Å². The predicted octanol–water partition coefficient (Wildman–Crippen LogP) is 1.75. The number of likely N-dealkylation sites (N-methyl/N-ethyl adjacent to an activating group) is 1. The molecule has 0 unspecified atom stereocenters. The monoisotopic (exact) mass is 398 g/mol. The van der Waals surface area contributed by atoms with Crippen LogP contribution in [0.3, 0.4) is 0 Å². The second kappa shape index (κ2) is 5.51. The highest BCUT2D eigenvalue weighted by atomic mass is 127. The van der Waals surface area contributed by atoms with E-state index in [1.807, 2.05) is 24.3 Å². The molecule has 3 rings (SSSR count). The van der Waals surface area contributed by atoms with Gasteiger partial charge in [0.15, 0.2) is 6.10 Å². The van der Waals surface area contributed by atoms with Crippen molar-refractivity contribution in [3.8, 4) is 0 Å². The first-order valence-corrected chi connectivity index (χ1v) is 7.74. The Morgan fingerprint density at radius 1 is 1.33 bits per heavy atom. The first-order valence-electron chi connectivity index (χ1n) is 6.66. The Morgan fingerprint density at radius 2 is 2.05 bits per heavy atom. The molecule has 0 N–H and O–H groups in total. The van der Waals surface area contributed by atoms with Crippen LogP contribution in [0, 0.1) is 9.49 Å². The van der Waals surface area contributed by atoms with Crippen molar-refractivity contribution in [2.75, 3.05) is 13.6 Å². The van der Waals surface area contributed by atoms with Crippen LogP contribution in [-0.2, 0) is 14.4 Å². The summed E-state index contributed by atoms with van der Waals surface area (Å²) in [5.41, 5.74) is 1.00. The van der Waals surface area contributed by atoms with Gasteiger partial charge in [-0.05, 0) is 34.2 Å². The summed E-state index contributed by atoms with van der Waals surface area (Å²) in [6.07, 6.45) is 0.992. The fraction of sp³-hybridized carbons (Fsp3) is 0.333. The largest absolute Gasteiger partial charge is 0.284 e. The molecule has 21 heavy (non-hydrogen) atoms. The third-order valence-corrected chi connectivity index (χ3v) is 4.93. The molecule has 0 aliphatic carbocycles. The van der Waals surface area contributed by atoms with Crippen LogP contribution in [0.1, 0.15) is 11.6 Å². The highest BCUT2D eigenvalue weighted by Crippen LogP contribution is 2.44. The lowest BCUT2D eigenvalue weighted by Crippen LogP contribution is -2.35. The summed E-state index contributed by atoms with van der Waals surface area (Å²) in [5.74, 6) is -0.938. The topological polar surface area (TPSA) is 49.9 Å². The van der Waals surface area contributed by atoms with Crippen molar-refractivity contribution in [2.45, 2.75) is 12.1 Å². The van der Waals surface area contributed by atoms with Crippen molar-refractivity contribution in [1.82, 2.24) is 9.96 Å². The van der Waals surface area contributed by atoms with E-state index < -0.39 is 12.0 Å². The number of hydroxylamine groups is 2. The maximum Gasteiger partial charge on any atom is 0.261 e. The Kier molecular flexibility index (Phi) is 3.85. The number of benzene rings is 1. The molecule has 2 aliphatic rings. The Bertz CT molecular complexity index is 619. The van der Waals surface area contributed by atoms with Gasteiger partial charge in [-0.15, -0.1) is 6.58 Å². The van der Waals surface area contributed by atoms with Crippen LogP contribution in [0.25, 0.3) is 0 Å². The van der Waals surface area contributed by atoms with E-state index in [0.29, 0.717) is 6.54 Å². The number of hydrogen-bond acceptors (Lipinski definition) is 4. The molecule has 2 heterocycles. The summed E-state index contributed by atoms with van der Waals surface area (Å²) in [4.78, 5) is 31.5. The minimum Gasteiger partial charge on any atom is -0.284 e. The molecular weight excluding hydrogens is 383 g/mol. The summed E-state index contributed by atoms with van der Waals surface area (Å²) < 4.78 is 1.05. The zero-order valence-electron chi connectivity index (χ0n) is 11.5. The quantitative estimate of drug-likeness (QED) is 0.443. The van der Waals surface area contributed by atoms with Gasteiger partial charge in [0.25, 0.3) is 5.91 Å². The molecular formula is C15H15IN2O3. The summed E-state index contributed by atoms with van der Waals surface area (Å²) in [6.45, 7) is 4.18. The van der Waals surface area contributed by atoms with Crippen LogP contribution in [0.4, 0.5) is 0 Å². The van der Waals surface area contributed by atoms with E-state index in [1.54, 1.807) is 11.1 Å². The minimum atomic E-state index is -0.719. The number of fused-ring (bicyclic) bond motifs is 1. The molecule has 1 aromatic carbocycles. The molecule has 1 aromatic rings. The number of hydrogen-bond donors (Lipinski definition) is 0. The van der Waals surface area contributed by atoms with Crippen molar-refractivity contribution in [3.63, 3.8) is 0 Å². The second-order valence-corrected chi connectivity index (χ2v) is 6.30. The lowest BCUT2D eigenvalue weighted by molar-refractivity contribution is -0.174. The number of carbonyl (C=O) groups is 2. The number of imide groups is 1. The maximum absolute atomic E-state index is 12.4. The molecule has 2 saturated heterocycles. The summed E-state index contributed by atoms with van der Waals surface area (Å²) in [5, 5.41) is 1.70. The average Bonchev–Trinajstić information content (AvgIpc) is 2.93. The first-order chi connectivity index (χ1) is 10.1. The standard InChI is InChI=1S/C15H15IN2O3/c1-3-8-18-12(9-6-4-5-7-10(9)16)11-13(21-18)15(20)17(2)14(11)19/h3-7,11-13H,1,8H2,2H3/t11-,12-,13+/m0/s1. The zero-order valence-corrected chi connectivity index (χ0v) is 13.7. The fourth-order valence-electron chi connectivity index (χ4n) is 2.96. The average molecular weight is 398 g/mol. The van der Waals surface area contributed by atoms with E-state index in [1.165, 1.54) is 11.9 Å². The van der Waals surface area contributed by atoms with Crippen LogP contribution >= 0.6 is 22.6 Å². The molecule has 0 bridgehead atoms. The van der Waals surface area contributed by atoms with Gasteiger partial charge in [-0.3, -0.25) is 19.3 Å². The van der Waals surface area contributed by atoms with Gasteiger partial charge in [-0.1, -0.05) is 24.3 Å². The molecule has 0 saturated carbocycles. The van der Waals surface area contributed by atoms with E-state index in [2.05, 4.69) is 29.2 Å². The highest BCUT2D eigenvalue weighted by molar-refractivity contribution is 14.1. The SMILES string of the molecule is C=CCN1O[C@H]2C(=O)N(C)C(=O)[C@H]2[C@@H]1c1ccccc1I. The smallest absolute Gasteiger partial charge is 0.261 e. The van der Waals surface area contributed by atoms with E-state index >= 15 is 0 Å². The van der Waals surface area contributed by atoms with Crippen molar-refractivity contribution in [1.29, 1.82) is 0 Å². The van der Waals surface area contributed by atoms with Gasteiger partial charge in [-0.2, -0.15) is 5.06 Å². The molecule has 6 heteroatoms. The number of halogens is 1. The Hall–Kier alpha value is -1.25. The number of likely N-dealkylation sites (tertiary alicyclic amines) is 1. The fourth-order valence-corrected chi connectivity index (χ4v) is 3.66. The minimum absolute atomic E-state index is 0.179. The van der Waals surface area contributed by atoms with Crippen LogP contribution in [0.5, 0.6) is 0 Å². The first kappa shape index (κ1) is 14.7. The molecule has 2 fully saturated rings. The van der Waals surface area contributed by atoms with E-state index in [-0.39, 0.29) is 17.9 Å². The van der Waals surface area contributed by atoms with Crippen LogP contribution in [0.15, 0.2) is 36.9 Å². The molecule has 5 nitrogen and oxygen atoms in total. The molecule has 0 spiro atoms. The third-order valence-electron chi connectivity index (χ3n) is 3.95. The van der Waals surface area contributed by atoms with E-state index in [9.17, 15) is 9.59 Å². The van der Waals surface area contributed by atoms with E-state index in [0.717, 1.165) is 9.13 Å². The zero-order chi connectivity index (χ0) is 15.1. The van der Waals surface area contributed by atoms with Crippen LogP contribution < -0.4 is 0 Å². The van der Waals surface area contributed by atoms with Gasteiger partial charge in [0, 0.05) is 17.2 Å².